The van der Waals surface area contributed by atoms with Crippen LogP contribution in [0.2, 0.25) is 0 Å². The fourth-order valence-corrected chi connectivity index (χ4v) is 5.42. The van der Waals surface area contributed by atoms with E-state index in [0.29, 0.717) is 11.1 Å². The van der Waals surface area contributed by atoms with Crippen molar-refractivity contribution in [2.75, 3.05) is 38.2 Å². The Morgan fingerprint density at radius 1 is 0.891 bits per heavy atom. The van der Waals surface area contributed by atoms with E-state index in [4.69, 9.17) is 18.9 Å². The Bertz CT molecular complexity index is 1760. The number of ether oxygens (including phenoxy) is 4. The lowest BCUT2D eigenvalue weighted by Gasteiger charge is -2.37. The molecule has 0 spiro atoms. The van der Waals surface area contributed by atoms with E-state index in [1.165, 1.54) is 41.7 Å². The zero-order chi connectivity index (χ0) is 40.5. The minimum Gasteiger partial charge on any atom is -0.486 e. The number of rotatable bonds is 12. The van der Waals surface area contributed by atoms with Crippen molar-refractivity contribution in [1.29, 1.82) is 0 Å². The number of anilines is 1. The first-order valence-electron chi connectivity index (χ1n) is 16.6. The summed E-state index contributed by atoms with van der Waals surface area (Å²) in [5, 5.41) is 16.3. The molecule has 3 atom stereocenters. The Morgan fingerprint density at radius 3 is 2.04 bits per heavy atom. The van der Waals surface area contributed by atoms with Crippen molar-refractivity contribution in [3.8, 4) is 5.75 Å². The van der Waals surface area contributed by atoms with Crippen LogP contribution in [0, 0.1) is 17.5 Å². The minimum absolute atomic E-state index is 0.222. The number of carbonyl (C=O) groups excluding carboxylic acids is 3. The molecule has 0 aromatic heterocycles. The van der Waals surface area contributed by atoms with Gasteiger partial charge in [-0.05, 0) is 68.3 Å². The highest BCUT2D eigenvalue weighted by molar-refractivity contribution is 5.98. The number of hydrogen-bond donors (Lipinski definition) is 4. The van der Waals surface area contributed by atoms with Gasteiger partial charge in [0.1, 0.15) is 49.1 Å². The number of nitrogens with one attached hydrogen (secondary N) is 3. The number of halogens is 6. The molecule has 1 aliphatic heterocycles. The number of carbonyl (C=O) groups is 4. The number of alkyl halides is 3. The standard InChI is InChI=1S/C36H38F6N4O9/c1-35(2,3)55-33(49)45-29(28(20-7-11-22(37)12-8-20)21-9-13-23(38)14-10-21)31(47)44-27-6-4-5-26(39)30(27)53-18-25-15-46(34(50)51)24(16-52-25)17-54-32(48)43-19-36(40,41)42/h4-14,24-25,28-29H,15-19H2,1-3H3,(H,43,48)(H,44,47)(H,45,49)(H,50,51)/t24-,25-,29-/m0/s1. The molecule has 1 aliphatic rings. The molecule has 4 amide bonds. The van der Waals surface area contributed by atoms with Crippen molar-refractivity contribution in [2.24, 2.45) is 0 Å². The second kappa shape index (κ2) is 18.1. The molecular weight excluding hydrogens is 746 g/mol. The number of alkyl carbamates (subject to hydrolysis) is 2. The fraction of sp³-hybridized carbons (Fsp3) is 0.389. The van der Waals surface area contributed by atoms with Crippen LogP contribution >= 0.6 is 0 Å². The zero-order valence-electron chi connectivity index (χ0n) is 29.6. The molecule has 1 heterocycles. The van der Waals surface area contributed by atoms with Crippen molar-refractivity contribution in [1.82, 2.24) is 15.5 Å². The maximum atomic E-state index is 15.3. The largest absolute Gasteiger partial charge is 0.486 e. The molecule has 0 aliphatic carbocycles. The summed E-state index contributed by atoms with van der Waals surface area (Å²) >= 11 is 0. The number of morpholine rings is 1. The Labute approximate surface area is 310 Å². The Hall–Kier alpha value is -5.72. The van der Waals surface area contributed by atoms with Crippen molar-refractivity contribution in [3.63, 3.8) is 0 Å². The van der Waals surface area contributed by atoms with Gasteiger partial charge in [0.25, 0.3) is 0 Å². The predicted octanol–water partition coefficient (Wildman–Crippen LogP) is 6.18. The number of amides is 4. The molecular formula is C36H38F6N4O9. The summed E-state index contributed by atoms with van der Waals surface area (Å²) in [6.45, 7) is 1.26. The van der Waals surface area contributed by atoms with E-state index in [0.717, 1.165) is 35.2 Å². The zero-order valence-corrected chi connectivity index (χ0v) is 29.6. The normalized spacial score (nSPS) is 16.5. The first-order chi connectivity index (χ1) is 25.8. The van der Waals surface area contributed by atoms with Gasteiger partial charge in [-0.1, -0.05) is 30.3 Å². The van der Waals surface area contributed by atoms with Crippen molar-refractivity contribution in [2.45, 2.75) is 56.7 Å². The molecule has 0 radical (unpaired) electrons. The van der Waals surface area contributed by atoms with E-state index in [2.05, 4.69) is 10.6 Å². The van der Waals surface area contributed by atoms with Crippen LogP contribution in [0.4, 0.5) is 46.4 Å². The van der Waals surface area contributed by atoms with E-state index >= 15 is 4.39 Å². The second-order valence-corrected chi connectivity index (χ2v) is 13.2. The number of carboxylic acid groups (broad SMARTS) is 1. The molecule has 4 rings (SSSR count). The summed E-state index contributed by atoms with van der Waals surface area (Å²) < 4.78 is 102. The third kappa shape index (κ3) is 12.7. The summed E-state index contributed by atoms with van der Waals surface area (Å²) in [7, 11) is 0. The summed E-state index contributed by atoms with van der Waals surface area (Å²) in [6, 6.07) is 11.0. The first kappa shape index (κ1) is 42.0. The maximum absolute atomic E-state index is 15.3. The van der Waals surface area contributed by atoms with Crippen LogP contribution < -0.4 is 20.7 Å². The highest BCUT2D eigenvalue weighted by Crippen LogP contribution is 2.33. The lowest BCUT2D eigenvalue weighted by Crippen LogP contribution is -2.55. The quantitative estimate of drug-likeness (QED) is 0.157. The lowest BCUT2D eigenvalue weighted by molar-refractivity contribution is -0.124. The number of hydrogen-bond acceptors (Lipinski definition) is 8. The molecule has 1 saturated heterocycles. The molecule has 13 nitrogen and oxygen atoms in total. The molecule has 1 fully saturated rings. The maximum Gasteiger partial charge on any atom is 0.408 e. The smallest absolute Gasteiger partial charge is 0.408 e. The van der Waals surface area contributed by atoms with Gasteiger partial charge in [-0.15, -0.1) is 0 Å². The van der Waals surface area contributed by atoms with Gasteiger partial charge in [0, 0.05) is 5.92 Å². The Kier molecular flexibility index (Phi) is 13.8. The van der Waals surface area contributed by atoms with Gasteiger partial charge in [0.2, 0.25) is 5.91 Å². The molecule has 0 saturated carbocycles. The summed E-state index contributed by atoms with van der Waals surface area (Å²) in [5.41, 5.74) is -0.544. The van der Waals surface area contributed by atoms with Crippen LogP contribution in [0.25, 0.3) is 0 Å². The van der Waals surface area contributed by atoms with Crippen LogP contribution in [0.3, 0.4) is 0 Å². The van der Waals surface area contributed by atoms with Gasteiger partial charge in [0.15, 0.2) is 11.6 Å². The van der Waals surface area contributed by atoms with E-state index in [1.54, 1.807) is 20.8 Å². The topological polar surface area (TPSA) is 165 Å². The highest BCUT2D eigenvalue weighted by atomic mass is 19.4. The monoisotopic (exact) mass is 784 g/mol. The number of para-hydroxylation sites is 1. The molecule has 4 N–H and O–H groups in total. The van der Waals surface area contributed by atoms with Gasteiger partial charge in [0.05, 0.1) is 24.9 Å². The highest BCUT2D eigenvalue weighted by Gasteiger charge is 2.37. The molecule has 298 valence electrons. The average molecular weight is 785 g/mol. The average Bonchev–Trinajstić information content (AvgIpc) is 3.09. The molecule has 3 aromatic carbocycles. The fourth-order valence-electron chi connectivity index (χ4n) is 5.42. The first-order valence-corrected chi connectivity index (χ1v) is 16.6. The molecule has 0 bridgehead atoms. The Balaban J connectivity index is 1.54. The van der Waals surface area contributed by atoms with Crippen LogP contribution in [-0.4, -0.2) is 97.1 Å². The summed E-state index contributed by atoms with van der Waals surface area (Å²) in [4.78, 5) is 51.7. The SMILES string of the molecule is CC(C)(C)OC(=O)N[C@H](C(=O)Nc1cccc(F)c1OC[C@@H]1CN(C(=O)O)[C@H](COC(=O)NCC(F)(F)F)CO1)C(c1ccc(F)cc1)c1ccc(F)cc1. The molecule has 55 heavy (non-hydrogen) atoms. The predicted molar refractivity (Wildman–Crippen MR) is 182 cm³/mol. The minimum atomic E-state index is -4.69. The summed E-state index contributed by atoms with van der Waals surface area (Å²) in [5.74, 6) is -4.62. The molecule has 0 unspecified atom stereocenters. The Morgan fingerprint density at radius 2 is 1.49 bits per heavy atom. The number of nitrogens with zero attached hydrogens (tertiary/aromatic N) is 1. The van der Waals surface area contributed by atoms with E-state index in [1.807, 2.05) is 0 Å². The van der Waals surface area contributed by atoms with Crippen molar-refractivity contribution < 1.29 is 69.6 Å². The third-order valence-electron chi connectivity index (χ3n) is 7.84. The summed E-state index contributed by atoms with van der Waals surface area (Å²) in [6.07, 6.45) is -9.63. The molecule has 3 aromatic rings. The van der Waals surface area contributed by atoms with E-state index in [9.17, 15) is 46.2 Å². The van der Waals surface area contributed by atoms with Gasteiger partial charge in [-0.2, -0.15) is 13.2 Å². The second-order valence-electron chi connectivity index (χ2n) is 13.2. The van der Waals surface area contributed by atoms with Crippen LogP contribution in [0.5, 0.6) is 5.75 Å². The molecule has 19 heteroatoms. The van der Waals surface area contributed by atoms with Crippen LogP contribution in [0.1, 0.15) is 37.8 Å². The van der Waals surface area contributed by atoms with Gasteiger partial charge >= 0.3 is 24.5 Å². The van der Waals surface area contributed by atoms with Crippen LogP contribution in [0.15, 0.2) is 66.7 Å². The third-order valence-corrected chi connectivity index (χ3v) is 7.84. The van der Waals surface area contributed by atoms with Crippen molar-refractivity contribution in [3.05, 3.63) is 95.3 Å². The van der Waals surface area contributed by atoms with Gasteiger partial charge in [-0.25, -0.2) is 27.6 Å². The number of benzene rings is 3. The van der Waals surface area contributed by atoms with E-state index < -0.39 is 103 Å². The van der Waals surface area contributed by atoms with Crippen molar-refractivity contribution >= 4 is 29.9 Å². The van der Waals surface area contributed by atoms with E-state index in [-0.39, 0.29) is 18.8 Å². The van der Waals surface area contributed by atoms with Gasteiger partial charge in [-0.3, -0.25) is 9.69 Å². The van der Waals surface area contributed by atoms with Gasteiger partial charge < -0.3 is 40.0 Å². The lowest BCUT2D eigenvalue weighted by atomic mass is 9.84. The van der Waals surface area contributed by atoms with Crippen LogP contribution in [-0.2, 0) is 19.0 Å².